The fourth-order valence-corrected chi connectivity index (χ4v) is 2.91. The molecule has 4 heteroatoms. The summed E-state index contributed by atoms with van der Waals surface area (Å²) in [5.74, 6) is 0.206. The van der Waals surface area contributed by atoms with E-state index in [0.717, 1.165) is 45.3 Å². The molecular weight excluding hydrogens is 240 g/mol. The van der Waals surface area contributed by atoms with Gasteiger partial charge in [0, 0.05) is 25.3 Å². The van der Waals surface area contributed by atoms with Crippen LogP contribution in [0.15, 0.2) is 11.8 Å². The number of amides is 1. The fraction of sp³-hybridized carbons (Fsp3) is 0.800. The van der Waals surface area contributed by atoms with Crippen LogP contribution in [0.2, 0.25) is 0 Å². The number of carbonyl (C=O) groups is 1. The average Bonchev–Trinajstić information content (AvgIpc) is 2.87. The third kappa shape index (κ3) is 3.80. The van der Waals surface area contributed by atoms with Gasteiger partial charge in [-0.15, -0.1) is 0 Å². The Hall–Kier alpha value is -0.870. The Kier molecular flexibility index (Phi) is 4.63. The molecule has 0 aromatic carbocycles. The Labute approximate surface area is 116 Å². The number of piperidine rings is 1. The lowest BCUT2D eigenvalue weighted by Crippen LogP contribution is -2.47. The SMILES string of the molecule is CCN(C(=O)CN1CCC(C)(O)CC1)C1=CCCC1. The van der Waals surface area contributed by atoms with Crippen molar-refractivity contribution in [3.8, 4) is 0 Å². The molecule has 0 radical (unpaired) electrons. The van der Waals surface area contributed by atoms with Crippen molar-refractivity contribution in [2.45, 2.75) is 51.6 Å². The first-order valence-corrected chi connectivity index (χ1v) is 7.46. The predicted octanol–water partition coefficient (Wildman–Crippen LogP) is 1.75. The highest BCUT2D eigenvalue weighted by Gasteiger charge is 2.29. The monoisotopic (exact) mass is 266 g/mol. The molecule has 1 fully saturated rings. The average molecular weight is 266 g/mol. The lowest BCUT2D eigenvalue weighted by molar-refractivity contribution is -0.131. The molecule has 108 valence electrons. The number of hydrogen-bond acceptors (Lipinski definition) is 3. The van der Waals surface area contributed by atoms with Gasteiger partial charge in [0.2, 0.25) is 5.91 Å². The highest BCUT2D eigenvalue weighted by Crippen LogP contribution is 2.23. The zero-order valence-electron chi connectivity index (χ0n) is 12.2. The van der Waals surface area contributed by atoms with Crippen LogP contribution in [-0.4, -0.2) is 52.6 Å². The van der Waals surface area contributed by atoms with Gasteiger partial charge < -0.3 is 10.0 Å². The zero-order valence-corrected chi connectivity index (χ0v) is 12.2. The van der Waals surface area contributed by atoms with E-state index in [0.29, 0.717) is 6.54 Å². The highest BCUT2D eigenvalue weighted by atomic mass is 16.3. The lowest BCUT2D eigenvalue weighted by Gasteiger charge is -2.36. The number of rotatable bonds is 4. The van der Waals surface area contributed by atoms with Gasteiger partial charge in [-0.1, -0.05) is 6.08 Å². The summed E-state index contributed by atoms with van der Waals surface area (Å²) in [4.78, 5) is 16.5. The molecule has 1 N–H and O–H groups in total. The van der Waals surface area contributed by atoms with E-state index in [-0.39, 0.29) is 5.91 Å². The van der Waals surface area contributed by atoms with Gasteiger partial charge in [0.25, 0.3) is 0 Å². The molecule has 0 aromatic rings. The van der Waals surface area contributed by atoms with E-state index in [1.165, 1.54) is 12.1 Å². The number of aliphatic hydroxyl groups is 1. The van der Waals surface area contributed by atoms with Crippen LogP contribution in [0.4, 0.5) is 0 Å². The molecule has 0 spiro atoms. The first-order valence-electron chi connectivity index (χ1n) is 7.46. The van der Waals surface area contributed by atoms with Crippen LogP contribution in [0, 0.1) is 0 Å². The Balaban J connectivity index is 1.86. The van der Waals surface area contributed by atoms with Gasteiger partial charge in [-0.05, 0) is 46.0 Å². The number of allylic oxidation sites excluding steroid dienone is 2. The van der Waals surface area contributed by atoms with Crippen molar-refractivity contribution < 1.29 is 9.90 Å². The van der Waals surface area contributed by atoms with Crippen LogP contribution < -0.4 is 0 Å². The van der Waals surface area contributed by atoms with E-state index in [9.17, 15) is 9.90 Å². The number of carbonyl (C=O) groups excluding carboxylic acids is 1. The van der Waals surface area contributed by atoms with Crippen LogP contribution in [0.25, 0.3) is 0 Å². The highest BCUT2D eigenvalue weighted by molar-refractivity contribution is 5.80. The molecule has 0 unspecified atom stereocenters. The van der Waals surface area contributed by atoms with Crippen molar-refractivity contribution in [1.29, 1.82) is 0 Å². The topological polar surface area (TPSA) is 43.8 Å². The van der Waals surface area contributed by atoms with E-state index in [2.05, 4.69) is 11.0 Å². The van der Waals surface area contributed by atoms with Crippen molar-refractivity contribution in [1.82, 2.24) is 9.80 Å². The Morgan fingerprint density at radius 1 is 1.47 bits per heavy atom. The quantitative estimate of drug-likeness (QED) is 0.843. The minimum Gasteiger partial charge on any atom is -0.390 e. The molecule has 1 amide bonds. The molecule has 0 saturated carbocycles. The second-order valence-corrected chi connectivity index (χ2v) is 6.00. The summed E-state index contributed by atoms with van der Waals surface area (Å²) >= 11 is 0. The van der Waals surface area contributed by atoms with Crippen molar-refractivity contribution >= 4 is 5.91 Å². The minimum absolute atomic E-state index is 0.206. The van der Waals surface area contributed by atoms with Crippen molar-refractivity contribution in [2.24, 2.45) is 0 Å². The van der Waals surface area contributed by atoms with Gasteiger partial charge >= 0.3 is 0 Å². The van der Waals surface area contributed by atoms with Crippen LogP contribution in [0.3, 0.4) is 0 Å². The Morgan fingerprint density at radius 3 is 2.68 bits per heavy atom. The summed E-state index contributed by atoms with van der Waals surface area (Å²) in [6.07, 6.45) is 7.03. The first kappa shape index (κ1) is 14.5. The maximum absolute atomic E-state index is 12.4. The molecule has 19 heavy (non-hydrogen) atoms. The van der Waals surface area contributed by atoms with E-state index < -0.39 is 5.60 Å². The summed E-state index contributed by atoms with van der Waals surface area (Å²) in [6.45, 7) is 6.80. The molecule has 1 heterocycles. The lowest BCUT2D eigenvalue weighted by atomic mass is 9.94. The number of likely N-dealkylation sites (tertiary alicyclic amines) is 1. The minimum atomic E-state index is -0.544. The largest absolute Gasteiger partial charge is 0.390 e. The van der Waals surface area contributed by atoms with Crippen molar-refractivity contribution in [3.63, 3.8) is 0 Å². The number of likely N-dealkylation sites (N-methyl/N-ethyl adjacent to an activating group) is 1. The first-order chi connectivity index (χ1) is 9.02. The van der Waals surface area contributed by atoms with Crippen LogP contribution in [0.5, 0.6) is 0 Å². The molecule has 0 atom stereocenters. The molecule has 1 saturated heterocycles. The van der Waals surface area contributed by atoms with Crippen LogP contribution in [0.1, 0.15) is 46.0 Å². The van der Waals surface area contributed by atoms with E-state index in [1.807, 2.05) is 18.7 Å². The summed E-state index contributed by atoms with van der Waals surface area (Å²) in [6, 6.07) is 0. The molecule has 2 rings (SSSR count). The molecule has 0 bridgehead atoms. The summed E-state index contributed by atoms with van der Waals surface area (Å²) in [5, 5.41) is 9.92. The maximum atomic E-state index is 12.4. The maximum Gasteiger partial charge on any atom is 0.240 e. The van der Waals surface area contributed by atoms with Crippen LogP contribution in [-0.2, 0) is 4.79 Å². The normalized spacial score (nSPS) is 23.2. The van der Waals surface area contributed by atoms with E-state index in [4.69, 9.17) is 0 Å². The molecule has 2 aliphatic rings. The molecule has 4 nitrogen and oxygen atoms in total. The smallest absolute Gasteiger partial charge is 0.240 e. The summed E-state index contributed by atoms with van der Waals surface area (Å²) in [5.41, 5.74) is 0.661. The second kappa shape index (κ2) is 6.06. The number of hydrogen-bond donors (Lipinski definition) is 1. The molecule has 0 aromatic heterocycles. The standard InChI is InChI=1S/C15H26N2O2/c1-3-17(13-6-4-5-7-13)14(18)12-16-10-8-15(2,19)9-11-16/h6,19H,3-5,7-12H2,1-2H3. The molecule has 1 aliphatic carbocycles. The Morgan fingerprint density at radius 2 is 2.16 bits per heavy atom. The van der Waals surface area contributed by atoms with E-state index in [1.54, 1.807) is 0 Å². The van der Waals surface area contributed by atoms with Crippen molar-refractivity contribution in [3.05, 3.63) is 11.8 Å². The third-order valence-electron chi connectivity index (χ3n) is 4.27. The second-order valence-electron chi connectivity index (χ2n) is 6.00. The number of nitrogens with zero attached hydrogens (tertiary/aromatic N) is 2. The van der Waals surface area contributed by atoms with Gasteiger partial charge in [0.15, 0.2) is 0 Å². The van der Waals surface area contributed by atoms with E-state index >= 15 is 0 Å². The van der Waals surface area contributed by atoms with Crippen LogP contribution >= 0.6 is 0 Å². The van der Waals surface area contributed by atoms with Gasteiger partial charge in [-0.3, -0.25) is 9.69 Å². The van der Waals surface area contributed by atoms with Gasteiger partial charge in [0.05, 0.1) is 12.1 Å². The van der Waals surface area contributed by atoms with Crippen molar-refractivity contribution in [2.75, 3.05) is 26.2 Å². The predicted molar refractivity (Wildman–Crippen MR) is 75.6 cm³/mol. The van der Waals surface area contributed by atoms with Gasteiger partial charge in [-0.2, -0.15) is 0 Å². The molecular formula is C15H26N2O2. The van der Waals surface area contributed by atoms with Gasteiger partial charge in [0.1, 0.15) is 0 Å². The summed E-state index contributed by atoms with van der Waals surface area (Å²) in [7, 11) is 0. The summed E-state index contributed by atoms with van der Waals surface area (Å²) < 4.78 is 0. The Bertz CT molecular complexity index is 353. The third-order valence-corrected chi connectivity index (χ3v) is 4.27. The van der Waals surface area contributed by atoms with Gasteiger partial charge in [-0.25, -0.2) is 0 Å². The molecule has 1 aliphatic heterocycles. The fourth-order valence-electron chi connectivity index (χ4n) is 2.91. The zero-order chi connectivity index (χ0) is 13.9.